The first-order chi connectivity index (χ1) is 8.58. The molecule has 0 fully saturated rings. The van der Waals surface area contributed by atoms with Crippen molar-refractivity contribution in [1.29, 1.82) is 0 Å². The minimum Gasteiger partial charge on any atom is -0.300 e. The molecule has 0 saturated carbocycles. The Kier molecular flexibility index (Phi) is 6.25. The molecule has 0 spiro atoms. The molecule has 1 aromatic rings. The molecule has 0 radical (unpaired) electrons. The molecule has 0 saturated heterocycles. The van der Waals surface area contributed by atoms with Gasteiger partial charge in [-0.1, -0.05) is 18.1 Å². The van der Waals surface area contributed by atoms with E-state index in [0.717, 1.165) is 37.8 Å². The Labute approximate surface area is 108 Å². The molecule has 0 aromatic carbocycles. The predicted molar refractivity (Wildman–Crippen MR) is 68.2 cm³/mol. The lowest BCUT2D eigenvalue weighted by atomic mass is 10.1. The quantitative estimate of drug-likeness (QED) is 0.629. The van der Waals surface area contributed by atoms with Gasteiger partial charge in [0.2, 0.25) is 0 Å². The van der Waals surface area contributed by atoms with Gasteiger partial charge >= 0.3 is 0 Å². The topological polar surface area (TPSA) is 64.8 Å². The summed E-state index contributed by atoms with van der Waals surface area (Å²) in [6.45, 7) is 3.47. The van der Waals surface area contributed by atoms with Gasteiger partial charge in [-0.3, -0.25) is 4.79 Å². The second-order valence-electron chi connectivity index (χ2n) is 4.73. The number of hydrogen-bond acceptors (Lipinski definition) is 4. The Hall–Kier alpha value is -1.52. The van der Waals surface area contributed by atoms with E-state index < -0.39 is 0 Å². The molecule has 0 unspecified atom stereocenters. The van der Waals surface area contributed by atoms with Crippen molar-refractivity contribution in [3.05, 3.63) is 11.9 Å². The third-order valence-electron chi connectivity index (χ3n) is 2.68. The molecular formula is C13H21N3O2. The highest BCUT2D eigenvalue weighted by atomic mass is 16.1. The fourth-order valence-electron chi connectivity index (χ4n) is 1.79. The maximum atomic E-state index is 10.9. The fourth-order valence-corrected chi connectivity index (χ4v) is 1.79. The maximum Gasteiger partial charge on any atom is 0.151 e. The molecule has 0 bridgehead atoms. The molecule has 1 rings (SSSR count). The number of carbonyl (C=O) groups excluding carboxylic acids is 2. The van der Waals surface area contributed by atoms with Crippen LogP contribution in [0.2, 0.25) is 0 Å². The molecule has 0 atom stereocenters. The molecule has 0 N–H and O–H groups in total. The van der Waals surface area contributed by atoms with E-state index in [1.54, 1.807) is 11.6 Å². The number of aryl methyl sites for hydroxylation is 1. The van der Waals surface area contributed by atoms with Crippen molar-refractivity contribution in [2.45, 2.75) is 58.9 Å². The van der Waals surface area contributed by atoms with Crippen molar-refractivity contribution in [1.82, 2.24) is 15.0 Å². The number of rotatable bonds is 9. The highest BCUT2D eigenvalue weighted by Gasteiger charge is 2.02. The van der Waals surface area contributed by atoms with E-state index in [0.29, 0.717) is 13.0 Å². The van der Waals surface area contributed by atoms with Gasteiger partial charge in [-0.25, -0.2) is 4.68 Å². The summed E-state index contributed by atoms with van der Waals surface area (Å²) in [5.41, 5.74) is 0.933. The number of unbranched alkanes of at least 4 members (excludes halogenated alkanes) is 3. The summed E-state index contributed by atoms with van der Waals surface area (Å²) < 4.78 is 1.58. The van der Waals surface area contributed by atoms with E-state index in [9.17, 15) is 9.59 Å². The second kappa shape index (κ2) is 7.74. The highest BCUT2D eigenvalue weighted by Crippen LogP contribution is 2.07. The molecule has 1 heterocycles. The molecule has 0 aliphatic carbocycles. The Morgan fingerprint density at radius 2 is 1.83 bits per heavy atom. The Morgan fingerprint density at radius 1 is 1.11 bits per heavy atom. The van der Waals surface area contributed by atoms with Gasteiger partial charge in [0, 0.05) is 12.6 Å². The van der Waals surface area contributed by atoms with Gasteiger partial charge in [0.25, 0.3) is 0 Å². The summed E-state index contributed by atoms with van der Waals surface area (Å²) in [5.74, 6) is 0.345. The highest BCUT2D eigenvalue weighted by molar-refractivity contribution is 5.75. The van der Waals surface area contributed by atoms with Crippen LogP contribution in [0.1, 0.15) is 51.6 Å². The number of aromatic nitrogens is 3. The van der Waals surface area contributed by atoms with Gasteiger partial charge in [-0.15, -0.1) is 5.10 Å². The van der Waals surface area contributed by atoms with Crippen LogP contribution in [0.4, 0.5) is 0 Å². The molecule has 100 valence electrons. The van der Waals surface area contributed by atoms with E-state index in [-0.39, 0.29) is 11.6 Å². The number of ketones is 2. The molecule has 5 heteroatoms. The van der Waals surface area contributed by atoms with Crippen LogP contribution in [0, 0.1) is 0 Å². The first-order valence-electron chi connectivity index (χ1n) is 6.46. The van der Waals surface area contributed by atoms with Gasteiger partial charge in [0.05, 0.1) is 5.69 Å². The van der Waals surface area contributed by atoms with Crippen molar-refractivity contribution in [3.8, 4) is 0 Å². The zero-order chi connectivity index (χ0) is 13.4. The molecular weight excluding hydrogens is 230 g/mol. The summed E-state index contributed by atoms with van der Waals surface area (Å²) in [5, 5.41) is 7.92. The minimum atomic E-state index is 0.0793. The Balaban J connectivity index is 2.13. The van der Waals surface area contributed by atoms with E-state index in [2.05, 4.69) is 10.3 Å². The zero-order valence-electron chi connectivity index (χ0n) is 11.2. The second-order valence-corrected chi connectivity index (χ2v) is 4.73. The van der Waals surface area contributed by atoms with Crippen LogP contribution >= 0.6 is 0 Å². The van der Waals surface area contributed by atoms with Gasteiger partial charge in [-0.2, -0.15) is 0 Å². The molecule has 0 amide bonds. The van der Waals surface area contributed by atoms with Crippen LogP contribution in [0.25, 0.3) is 0 Å². The molecule has 0 aliphatic rings. The molecule has 5 nitrogen and oxygen atoms in total. The lowest BCUT2D eigenvalue weighted by molar-refractivity contribution is -0.118. The summed E-state index contributed by atoms with van der Waals surface area (Å²) in [4.78, 5) is 21.6. The van der Waals surface area contributed by atoms with E-state index in [4.69, 9.17) is 0 Å². The van der Waals surface area contributed by atoms with E-state index >= 15 is 0 Å². The van der Waals surface area contributed by atoms with Crippen molar-refractivity contribution in [3.63, 3.8) is 0 Å². The standard InChI is InChI=1S/C13H21N3O2/c1-11(17)7-5-3-4-6-8-13-10-16(15-14-13)9-12(2)18/h10H,3-9H2,1-2H3. The molecule has 0 aliphatic heterocycles. The first-order valence-corrected chi connectivity index (χ1v) is 6.46. The SMILES string of the molecule is CC(=O)CCCCCCc1cn(CC(C)=O)nn1. The Bertz CT molecular complexity index is 399. The average molecular weight is 251 g/mol. The lowest BCUT2D eigenvalue weighted by Crippen LogP contribution is -2.06. The van der Waals surface area contributed by atoms with Gasteiger partial charge in [0.1, 0.15) is 12.3 Å². The fraction of sp³-hybridized carbons (Fsp3) is 0.692. The molecule has 18 heavy (non-hydrogen) atoms. The summed E-state index contributed by atoms with van der Waals surface area (Å²) in [6.07, 6.45) is 7.63. The zero-order valence-corrected chi connectivity index (χ0v) is 11.2. The van der Waals surface area contributed by atoms with Gasteiger partial charge in [-0.05, 0) is 33.1 Å². The van der Waals surface area contributed by atoms with Gasteiger partial charge in [0.15, 0.2) is 5.78 Å². The van der Waals surface area contributed by atoms with Crippen molar-refractivity contribution in [2.75, 3.05) is 0 Å². The number of carbonyl (C=O) groups is 2. The van der Waals surface area contributed by atoms with Crippen molar-refractivity contribution < 1.29 is 9.59 Å². The van der Waals surface area contributed by atoms with Crippen molar-refractivity contribution in [2.24, 2.45) is 0 Å². The third kappa shape index (κ3) is 6.27. The first kappa shape index (κ1) is 14.5. The minimum absolute atomic E-state index is 0.0793. The monoisotopic (exact) mass is 251 g/mol. The van der Waals surface area contributed by atoms with E-state index in [1.165, 1.54) is 6.92 Å². The summed E-state index contributed by atoms with van der Waals surface area (Å²) in [6, 6.07) is 0. The number of nitrogens with zero attached hydrogens (tertiary/aromatic N) is 3. The van der Waals surface area contributed by atoms with Crippen LogP contribution in [0.5, 0.6) is 0 Å². The normalized spacial score (nSPS) is 10.6. The third-order valence-corrected chi connectivity index (χ3v) is 2.68. The van der Waals surface area contributed by atoms with Crippen molar-refractivity contribution >= 4 is 11.6 Å². The largest absolute Gasteiger partial charge is 0.300 e. The molecule has 1 aromatic heterocycles. The van der Waals surface area contributed by atoms with Gasteiger partial charge < -0.3 is 4.79 Å². The lowest BCUT2D eigenvalue weighted by Gasteiger charge is -1.98. The number of hydrogen-bond donors (Lipinski definition) is 0. The maximum absolute atomic E-state index is 10.9. The van der Waals surface area contributed by atoms with E-state index in [1.807, 2.05) is 6.20 Å². The van der Waals surface area contributed by atoms with Crippen LogP contribution < -0.4 is 0 Å². The predicted octanol–water partition coefficient (Wildman–Crippen LogP) is 1.95. The summed E-state index contributed by atoms with van der Waals surface area (Å²) >= 11 is 0. The number of Topliss-reactive ketones (excluding diaryl/α,β-unsaturated/α-hetero) is 2. The summed E-state index contributed by atoms with van der Waals surface area (Å²) in [7, 11) is 0. The van der Waals surface area contributed by atoms with Crippen LogP contribution in [-0.2, 0) is 22.6 Å². The smallest absolute Gasteiger partial charge is 0.151 e. The average Bonchev–Trinajstić information content (AvgIpc) is 2.69. The Morgan fingerprint density at radius 3 is 2.50 bits per heavy atom. The van der Waals surface area contributed by atoms with Crippen LogP contribution in [0.3, 0.4) is 0 Å². The van der Waals surface area contributed by atoms with Crippen LogP contribution in [0.15, 0.2) is 6.20 Å². The van der Waals surface area contributed by atoms with Crippen LogP contribution in [-0.4, -0.2) is 26.6 Å².